The van der Waals surface area contributed by atoms with Crippen LogP contribution in [-0.2, 0) is 20.8 Å². The smallest absolute Gasteiger partial charge is 0.253 e. The third-order valence-electron chi connectivity index (χ3n) is 5.83. The van der Waals surface area contributed by atoms with Gasteiger partial charge in [-0.15, -0.1) is 0 Å². The lowest BCUT2D eigenvalue weighted by Crippen LogP contribution is -2.65. The molecule has 32 heavy (non-hydrogen) atoms. The summed E-state index contributed by atoms with van der Waals surface area (Å²) >= 11 is 0. The van der Waals surface area contributed by atoms with Crippen molar-refractivity contribution in [2.75, 3.05) is 21.3 Å². The number of hydrogen-bond donors (Lipinski definition) is 1. The van der Waals surface area contributed by atoms with Gasteiger partial charge >= 0.3 is 0 Å². The van der Waals surface area contributed by atoms with Gasteiger partial charge < -0.3 is 14.4 Å². The van der Waals surface area contributed by atoms with Gasteiger partial charge in [0, 0.05) is 25.7 Å². The third kappa shape index (κ3) is 3.92. The van der Waals surface area contributed by atoms with Gasteiger partial charge in [0.25, 0.3) is 5.91 Å². The number of guanidine groups is 1. The molecule has 10 heteroatoms. The van der Waals surface area contributed by atoms with Crippen molar-refractivity contribution in [3.8, 4) is 0 Å². The number of aliphatic imine (C=N–C) groups is 1. The van der Waals surface area contributed by atoms with Gasteiger partial charge in [0.05, 0.1) is 20.3 Å². The van der Waals surface area contributed by atoms with Crippen LogP contribution in [0.3, 0.4) is 0 Å². The van der Waals surface area contributed by atoms with Crippen molar-refractivity contribution in [3.05, 3.63) is 59.1 Å². The van der Waals surface area contributed by atoms with Crippen LogP contribution < -0.4 is 5.32 Å². The predicted octanol–water partition coefficient (Wildman–Crippen LogP) is 2.00. The number of hydrogen-bond acceptors (Lipinski definition) is 6. The van der Waals surface area contributed by atoms with Gasteiger partial charge in [-0.3, -0.25) is 15.1 Å². The number of hydrazone groups is 1. The number of benzene rings is 1. The maximum atomic E-state index is 13.8. The van der Waals surface area contributed by atoms with E-state index in [1.54, 1.807) is 32.5 Å². The normalized spacial score (nSPS) is 28.3. The topological polar surface area (TPSA) is 78.8 Å². The molecule has 3 aliphatic rings. The van der Waals surface area contributed by atoms with Crippen molar-refractivity contribution >= 4 is 18.1 Å². The maximum Gasteiger partial charge on any atom is 0.253 e. The van der Waals surface area contributed by atoms with E-state index in [9.17, 15) is 13.6 Å². The minimum absolute atomic E-state index is 0.0315. The largest absolute Gasteiger partial charge is 0.493 e. The first-order valence-electron chi connectivity index (χ1n) is 10.2. The Morgan fingerprint density at radius 2 is 1.88 bits per heavy atom. The number of likely N-dealkylation sites (N-methyl/N-ethyl adjacent to an activating group) is 1. The summed E-state index contributed by atoms with van der Waals surface area (Å²) in [5.74, 6) is -0.605. The molecule has 1 N–H and O–H groups in total. The van der Waals surface area contributed by atoms with Crippen LogP contribution in [0.2, 0.25) is 0 Å². The molecule has 4 rings (SSSR count). The molecule has 0 bridgehead atoms. The number of rotatable bonds is 5. The van der Waals surface area contributed by atoms with Crippen molar-refractivity contribution in [2.24, 2.45) is 16.0 Å². The quantitative estimate of drug-likeness (QED) is 0.750. The molecule has 1 aromatic carbocycles. The summed E-state index contributed by atoms with van der Waals surface area (Å²) in [4.78, 5) is 19.5. The van der Waals surface area contributed by atoms with Crippen LogP contribution in [0.4, 0.5) is 8.78 Å². The molecule has 0 radical (unpaired) electrons. The standard InChI is InChI=1S/C22H25F2N5O3/c1-12-7-18(31-3)19(32-4)9-16(12)26-22-27-21(30)20-17(10-25-28(20)2)29(22)11-13-5-6-14(23)15(24)8-13/h5-10,12,16-17,20H,11H2,1-4H3,(H,26,27,30). The van der Waals surface area contributed by atoms with Crippen LogP contribution in [0.1, 0.15) is 12.5 Å². The van der Waals surface area contributed by atoms with E-state index in [-0.39, 0.29) is 24.4 Å². The summed E-state index contributed by atoms with van der Waals surface area (Å²) in [6.07, 6.45) is 5.41. The molecule has 2 heterocycles. The highest BCUT2D eigenvalue weighted by atomic mass is 19.2. The molecule has 2 aliphatic heterocycles. The molecule has 4 unspecified atom stereocenters. The van der Waals surface area contributed by atoms with Gasteiger partial charge in [-0.2, -0.15) is 5.10 Å². The number of nitrogens with one attached hydrogen (secondary N) is 1. The average molecular weight is 445 g/mol. The summed E-state index contributed by atoms with van der Waals surface area (Å²) in [6.45, 7) is 2.19. The zero-order valence-electron chi connectivity index (χ0n) is 18.3. The Morgan fingerprint density at radius 3 is 2.56 bits per heavy atom. The zero-order valence-corrected chi connectivity index (χ0v) is 18.3. The van der Waals surface area contributed by atoms with Gasteiger partial charge in [0.15, 0.2) is 29.2 Å². The Balaban J connectivity index is 1.70. The second-order valence-electron chi connectivity index (χ2n) is 7.91. The van der Waals surface area contributed by atoms with Crippen LogP contribution in [-0.4, -0.2) is 67.4 Å². The monoisotopic (exact) mass is 445 g/mol. The fourth-order valence-corrected chi connectivity index (χ4v) is 4.08. The molecule has 170 valence electrons. The van der Waals surface area contributed by atoms with Gasteiger partial charge in [-0.25, -0.2) is 13.8 Å². The Labute approximate surface area is 184 Å². The fourth-order valence-electron chi connectivity index (χ4n) is 4.08. The SMILES string of the molecule is COC1=CC(C)C(N=C2NC(=O)C3C(C=NN3C)N2Cc2ccc(F)c(F)c2)C=C1OC. The first-order chi connectivity index (χ1) is 15.3. The molecule has 1 fully saturated rings. The molecular weight excluding hydrogens is 420 g/mol. The van der Waals surface area contributed by atoms with E-state index >= 15 is 0 Å². The summed E-state index contributed by atoms with van der Waals surface area (Å²) in [7, 11) is 4.83. The first kappa shape index (κ1) is 21.8. The number of carbonyl (C=O) groups excluding carboxylic acids is 1. The van der Waals surface area contributed by atoms with Gasteiger partial charge in [0.1, 0.15) is 6.04 Å². The highest BCUT2D eigenvalue weighted by Gasteiger charge is 2.45. The van der Waals surface area contributed by atoms with E-state index in [1.807, 2.05) is 24.0 Å². The number of amides is 1. The van der Waals surface area contributed by atoms with Crippen molar-refractivity contribution in [1.29, 1.82) is 0 Å². The van der Waals surface area contributed by atoms with Gasteiger partial charge in [0.2, 0.25) is 5.96 Å². The molecule has 0 aromatic heterocycles. The molecule has 1 amide bonds. The number of ether oxygens (including phenoxy) is 2. The maximum absolute atomic E-state index is 13.8. The van der Waals surface area contributed by atoms with E-state index in [0.29, 0.717) is 23.0 Å². The molecule has 1 saturated heterocycles. The van der Waals surface area contributed by atoms with E-state index in [0.717, 1.165) is 12.1 Å². The summed E-state index contributed by atoms with van der Waals surface area (Å²) in [6, 6.07) is 2.46. The van der Waals surface area contributed by atoms with Crippen molar-refractivity contribution in [3.63, 3.8) is 0 Å². The van der Waals surface area contributed by atoms with Crippen molar-refractivity contribution in [1.82, 2.24) is 15.2 Å². The second-order valence-corrected chi connectivity index (χ2v) is 7.91. The number of methoxy groups -OCH3 is 2. The van der Waals surface area contributed by atoms with Crippen LogP contribution in [0, 0.1) is 17.6 Å². The first-order valence-corrected chi connectivity index (χ1v) is 10.2. The Kier molecular flexibility index (Phi) is 5.86. The molecule has 8 nitrogen and oxygen atoms in total. The van der Waals surface area contributed by atoms with E-state index in [1.165, 1.54) is 6.07 Å². The van der Waals surface area contributed by atoms with E-state index in [2.05, 4.69) is 10.4 Å². The van der Waals surface area contributed by atoms with Gasteiger partial charge in [-0.1, -0.05) is 13.0 Å². The molecular formula is C22H25F2N5O3. The number of nitrogens with zero attached hydrogens (tertiary/aromatic N) is 4. The number of halogens is 2. The van der Waals surface area contributed by atoms with Crippen molar-refractivity contribution < 1.29 is 23.0 Å². The van der Waals surface area contributed by atoms with Gasteiger partial charge in [-0.05, 0) is 29.8 Å². The van der Waals surface area contributed by atoms with Crippen molar-refractivity contribution in [2.45, 2.75) is 31.6 Å². The Bertz CT molecular complexity index is 1040. The van der Waals surface area contributed by atoms with Crippen LogP contribution in [0.25, 0.3) is 0 Å². The fraction of sp³-hybridized carbons (Fsp3) is 0.409. The number of carbonyl (C=O) groups is 1. The van der Waals surface area contributed by atoms with Crippen LogP contribution in [0.5, 0.6) is 0 Å². The lowest BCUT2D eigenvalue weighted by atomic mass is 9.95. The average Bonchev–Trinajstić information content (AvgIpc) is 3.16. The van der Waals surface area contributed by atoms with E-state index < -0.39 is 23.7 Å². The minimum Gasteiger partial charge on any atom is -0.493 e. The number of fused-ring (bicyclic) bond motifs is 1. The predicted molar refractivity (Wildman–Crippen MR) is 114 cm³/mol. The minimum atomic E-state index is -0.929. The summed E-state index contributed by atoms with van der Waals surface area (Å²) in [5.41, 5.74) is 0.542. The summed E-state index contributed by atoms with van der Waals surface area (Å²) < 4.78 is 38.0. The van der Waals surface area contributed by atoms with Crippen LogP contribution in [0.15, 0.2) is 52.0 Å². The molecule has 4 atom stereocenters. The van der Waals surface area contributed by atoms with E-state index in [4.69, 9.17) is 14.5 Å². The Hall–Kier alpha value is -3.43. The lowest BCUT2D eigenvalue weighted by Gasteiger charge is -2.40. The molecule has 0 saturated carbocycles. The second kappa shape index (κ2) is 8.60. The molecule has 1 aromatic rings. The lowest BCUT2D eigenvalue weighted by molar-refractivity contribution is -0.126. The third-order valence-corrected chi connectivity index (χ3v) is 5.83. The zero-order chi connectivity index (χ0) is 23.0. The molecule has 1 aliphatic carbocycles. The van der Waals surface area contributed by atoms with Crippen LogP contribution >= 0.6 is 0 Å². The summed E-state index contributed by atoms with van der Waals surface area (Å²) in [5, 5.41) is 8.70. The highest BCUT2D eigenvalue weighted by molar-refractivity contribution is 6.06. The Morgan fingerprint density at radius 1 is 1.16 bits per heavy atom. The molecule has 0 spiro atoms. The highest BCUT2D eigenvalue weighted by Crippen LogP contribution is 2.28.